The summed E-state index contributed by atoms with van der Waals surface area (Å²) in [7, 11) is 0. The van der Waals surface area contributed by atoms with Crippen molar-refractivity contribution in [2.45, 2.75) is 70.3 Å². The molecule has 28 heteroatoms. The van der Waals surface area contributed by atoms with Gasteiger partial charge in [0.15, 0.2) is 23.8 Å². The van der Waals surface area contributed by atoms with Gasteiger partial charge >= 0.3 is 5.97 Å². The van der Waals surface area contributed by atoms with Gasteiger partial charge in [0.25, 0.3) is 0 Å². The highest BCUT2D eigenvalue weighted by atomic mass is 16.4. The van der Waals surface area contributed by atoms with Crippen molar-refractivity contribution in [3.05, 3.63) is 0 Å². The van der Waals surface area contributed by atoms with E-state index in [-0.39, 0.29) is 102 Å². The second-order valence-corrected chi connectivity index (χ2v) is 14.7. The lowest BCUT2D eigenvalue weighted by Gasteiger charge is -2.31. The molecule has 1 atom stereocenters. The van der Waals surface area contributed by atoms with E-state index in [1.165, 1.54) is 4.90 Å². The number of primary amides is 1. The molecule has 0 unspecified atom stereocenters. The van der Waals surface area contributed by atoms with Crippen LogP contribution in [0.25, 0.3) is 0 Å². The lowest BCUT2D eigenvalue weighted by Crippen LogP contribution is -2.52. The fraction of sp³-hybridized carbons (Fsp3) is 0.703. The molecule has 370 valence electrons. The molecule has 6 amide bonds. The zero-order chi connectivity index (χ0) is 49.2. The molecule has 0 aliphatic rings. The molecule has 0 aliphatic carbocycles. The number of nitrogens with one attached hydrogen (secondary N) is 2. The van der Waals surface area contributed by atoms with Crippen molar-refractivity contribution in [2.24, 2.45) is 77.3 Å². The Morgan fingerprint density at radius 3 is 1.31 bits per heavy atom. The van der Waals surface area contributed by atoms with Gasteiger partial charge in [-0.2, -0.15) is 0 Å². The maximum absolute atomic E-state index is 14.0. The summed E-state index contributed by atoms with van der Waals surface area (Å²) in [4.78, 5) is 113. The first kappa shape index (κ1) is 58.3. The Bertz CT molecular complexity index is 1610. The van der Waals surface area contributed by atoms with Gasteiger partial charge in [-0.05, 0) is 58.0 Å². The van der Waals surface area contributed by atoms with Crippen molar-refractivity contribution in [3.63, 3.8) is 0 Å². The number of carboxylic acid groups (broad SMARTS) is 1. The molecule has 0 spiro atoms. The van der Waals surface area contributed by atoms with E-state index < -0.39 is 86.6 Å². The summed E-state index contributed by atoms with van der Waals surface area (Å²) < 4.78 is 0. The zero-order valence-electron chi connectivity index (χ0n) is 37.4. The van der Waals surface area contributed by atoms with Crippen LogP contribution >= 0.6 is 0 Å². The number of aliphatic carboxylic acids is 1. The molecule has 0 bridgehead atoms. The number of nitrogens with two attached hydrogens (primary N) is 10. The molecule has 0 fully saturated rings. The lowest BCUT2D eigenvalue weighted by atomic mass is 10.1. The van der Waals surface area contributed by atoms with Crippen molar-refractivity contribution in [1.29, 1.82) is 0 Å². The molecular formula is C37H74N20O8. The van der Waals surface area contributed by atoms with Gasteiger partial charge in [-0.1, -0.05) is 12.8 Å². The maximum Gasteiger partial charge on any atom is 0.305 e. The number of carbonyl (C=O) groups excluding carboxylic acids is 6. The number of rotatable bonds is 37. The summed E-state index contributed by atoms with van der Waals surface area (Å²) in [6.07, 6.45) is 3.98. The maximum atomic E-state index is 14.0. The Morgan fingerprint density at radius 1 is 0.492 bits per heavy atom. The smallest absolute Gasteiger partial charge is 0.305 e. The number of carboxylic acids is 1. The van der Waals surface area contributed by atoms with Gasteiger partial charge in [0.1, 0.15) is 6.04 Å². The quantitative estimate of drug-likeness (QED) is 0.0156. The molecule has 0 saturated heterocycles. The Kier molecular flexibility index (Phi) is 31.2. The van der Waals surface area contributed by atoms with Crippen molar-refractivity contribution >= 4 is 65.3 Å². The van der Waals surface area contributed by atoms with Gasteiger partial charge in [0.2, 0.25) is 35.4 Å². The molecule has 0 aromatic rings. The molecule has 28 nitrogen and oxygen atoms in total. The highest BCUT2D eigenvalue weighted by molar-refractivity contribution is 5.93. The second kappa shape index (κ2) is 34.7. The summed E-state index contributed by atoms with van der Waals surface area (Å²) in [6, 6.07) is -1.14. The Morgan fingerprint density at radius 2 is 0.892 bits per heavy atom. The van der Waals surface area contributed by atoms with E-state index in [0.29, 0.717) is 19.5 Å². The summed E-state index contributed by atoms with van der Waals surface area (Å²) in [5, 5.41) is 15.1. The minimum Gasteiger partial charge on any atom is -0.481 e. The standard InChI is InChI=1S/C37H74N20O8/c38-11-3-1-2-4-12-48-21-28(59)55(18-7-15-51-36(44)45)23-30(61)56(19-8-16-52-37(46)47)24-31(62)57(20-10-32(63)64)25-29(60)54(17-6-14-50-35(42)43)22-27(58)53-26(33(39)65)9-5-13-49-34(40)41/h26,48H,1-25,38H2,(H2,39,65)(H,53,58)(H,63,64)(H4,40,41,49)(H4,42,43,50)(H4,44,45,51)(H4,46,47,52)/t26-/m1/s1. The molecule has 0 aromatic heterocycles. The minimum atomic E-state index is -1.29. The van der Waals surface area contributed by atoms with Gasteiger partial charge in [-0.15, -0.1) is 0 Å². The van der Waals surface area contributed by atoms with Crippen LogP contribution in [-0.2, 0) is 33.6 Å². The van der Waals surface area contributed by atoms with Gasteiger partial charge in [-0.3, -0.25) is 53.5 Å². The van der Waals surface area contributed by atoms with E-state index in [1.54, 1.807) is 0 Å². The van der Waals surface area contributed by atoms with Crippen molar-refractivity contribution in [2.75, 3.05) is 98.2 Å². The summed E-state index contributed by atoms with van der Waals surface area (Å²) in [6.45, 7) is -1.48. The van der Waals surface area contributed by atoms with Crippen LogP contribution < -0.4 is 68.0 Å². The van der Waals surface area contributed by atoms with E-state index in [0.717, 1.165) is 40.4 Å². The topological polar surface area (TPSA) is 486 Å². The third-order valence-corrected chi connectivity index (χ3v) is 9.17. The first-order chi connectivity index (χ1) is 30.8. The number of nitrogens with zero attached hydrogens (tertiary/aromatic N) is 8. The second-order valence-electron chi connectivity index (χ2n) is 14.7. The molecule has 0 radical (unpaired) electrons. The van der Waals surface area contributed by atoms with Gasteiger partial charge in [0.05, 0.1) is 39.1 Å². The van der Waals surface area contributed by atoms with Crippen LogP contribution in [0.4, 0.5) is 0 Å². The molecule has 0 rings (SSSR count). The van der Waals surface area contributed by atoms with Crippen molar-refractivity contribution in [1.82, 2.24) is 30.2 Å². The van der Waals surface area contributed by atoms with Crippen molar-refractivity contribution in [3.8, 4) is 0 Å². The highest BCUT2D eigenvalue weighted by Gasteiger charge is 2.28. The first-order valence-corrected chi connectivity index (χ1v) is 21.3. The molecule has 65 heavy (non-hydrogen) atoms. The van der Waals surface area contributed by atoms with Crippen molar-refractivity contribution < 1.29 is 38.7 Å². The third kappa shape index (κ3) is 30.9. The van der Waals surface area contributed by atoms with Crippen LogP contribution in [0.3, 0.4) is 0 Å². The first-order valence-electron chi connectivity index (χ1n) is 21.3. The highest BCUT2D eigenvalue weighted by Crippen LogP contribution is 2.07. The number of guanidine groups is 4. The Hall–Kier alpha value is -6.71. The number of hydrogen-bond donors (Lipinski definition) is 13. The van der Waals surface area contributed by atoms with Gasteiger partial charge in [0, 0.05) is 52.4 Å². The van der Waals surface area contributed by atoms with Gasteiger partial charge < -0.3 is 92.7 Å². The van der Waals surface area contributed by atoms with Crippen LogP contribution in [0.1, 0.15) is 64.2 Å². The lowest BCUT2D eigenvalue weighted by molar-refractivity contribution is -0.147. The van der Waals surface area contributed by atoms with E-state index in [4.69, 9.17) is 57.3 Å². The van der Waals surface area contributed by atoms with E-state index in [2.05, 4.69) is 30.6 Å². The Balaban J connectivity index is 6.48. The predicted molar refractivity (Wildman–Crippen MR) is 246 cm³/mol. The van der Waals surface area contributed by atoms with Crippen LogP contribution in [-0.4, -0.2) is 194 Å². The monoisotopic (exact) mass is 927 g/mol. The summed E-state index contributed by atoms with van der Waals surface area (Å²) >= 11 is 0. The predicted octanol–water partition coefficient (Wildman–Crippen LogP) is -7.10. The van der Waals surface area contributed by atoms with Gasteiger partial charge in [-0.25, -0.2) is 0 Å². The van der Waals surface area contributed by atoms with E-state index in [9.17, 15) is 38.7 Å². The molecule has 23 N–H and O–H groups in total. The molecule has 0 heterocycles. The van der Waals surface area contributed by atoms with E-state index in [1.807, 2.05) is 0 Å². The largest absolute Gasteiger partial charge is 0.481 e. The SMILES string of the molecule is NCCCCCCNCC(=O)N(CCCN=C(N)N)CC(=O)N(CCCN=C(N)N)CC(=O)N(CCC(=O)O)CC(=O)N(CCCN=C(N)N)CC(=O)N[C@H](CCCN=C(N)N)C(N)=O. The molecule has 0 aliphatic heterocycles. The molecule has 0 saturated carbocycles. The number of aliphatic imine (C=N–C) groups is 4. The Labute approximate surface area is 379 Å². The summed E-state index contributed by atoms with van der Waals surface area (Å²) in [5.74, 6) is -6.30. The molecular weight excluding hydrogens is 853 g/mol. The minimum absolute atomic E-state index is 0.0557. The molecule has 0 aromatic carbocycles. The average Bonchev–Trinajstić information content (AvgIpc) is 3.22. The zero-order valence-corrected chi connectivity index (χ0v) is 37.4. The van der Waals surface area contributed by atoms with Crippen LogP contribution in [0.2, 0.25) is 0 Å². The van der Waals surface area contributed by atoms with Crippen LogP contribution in [0.5, 0.6) is 0 Å². The van der Waals surface area contributed by atoms with E-state index >= 15 is 0 Å². The summed E-state index contributed by atoms with van der Waals surface area (Å²) in [5.41, 5.74) is 54.5. The third-order valence-electron chi connectivity index (χ3n) is 9.17. The number of unbranched alkanes of at least 4 members (excludes halogenated alkanes) is 3. The average molecular weight is 927 g/mol. The fourth-order valence-electron chi connectivity index (χ4n) is 5.85. The fourth-order valence-corrected chi connectivity index (χ4v) is 5.85. The van der Waals surface area contributed by atoms with Crippen LogP contribution in [0.15, 0.2) is 20.0 Å². The number of hydrogen-bond acceptors (Lipinski definition) is 13. The van der Waals surface area contributed by atoms with Crippen LogP contribution in [0, 0.1) is 0 Å². The number of amides is 6. The number of carbonyl (C=O) groups is 7. The normalized spacial score (nSPS) is 11.0.